The van der Waals surface area contributed by atoms with Crippen molar-refractivity contribution in [3.63, 3.8) is 0 Å². The third-order valence-electron chi connectivity index (χ3n) is 1.56. The van der Waals surface area contributed by atoms with Crippen LogP contribution in [-0.2, 0) is 9.05 Å². The Morgan fingerprint density at radius 3 is 2.41 bits per heavy atom. The van der Waals surface area contributed by atoms with Crippen molar-refractivity contribution in [3.8, 4) is 5.88 Å². The van der Waals surface area contributed by atoms with E-state index in [1.807, 2.05) is 0 Å². The van der Waals surface area contributed by atoms with Crippen molar-refractivity contribution in [1.82, 2.24) is 4.98 Å². The van der Waals surface area contributed by atoms with Crippen LogP contribution in [0, 0.1) is 10.5 Å². The number of rotatable bonds is 2. The maximum absolute atomic E-state index is 12.0. The minimum atomic E-state index is -5.04. The highest BCUT2D eigenvalue weighted by Gasteiger charge is 2.35. The van der Waals surface area contributed by atoms with Crippen LogP contribution in [0.5, 0.6) is 5.88 Å². The zero-order chi connectivity index (χ0) is 13.4. The third-order valence-corrected chi connectivity index (χ3v) is 3.97. The minimum Gasteiger partial charge on any atom is -0.386 e. The molecule has 0 unspecified atom stereocenters. The summed E-state index contributed by atoms with van der Waals surface area (Å²) in [4.78, 5) is 2.60. The van der Waals surface area contributed by atoms with Crippen molar-refractivity contribution in [2.75, 3.05) is 0 Å². The summed E-state index contributed by atoms with van der Waals surface area (Å²) in [6, 6.07) is 0.965. The molecule has 1 rings (SSSR count). The van der Waals surface area contributed by atoms with Crippen LogP contribution >= 0.6 is 33.3 Å². The number of alkyl halides is 3. The van der Waals surface area contributed by atoms with E-state index in [-0.39, 0.29) is 5.69 Å². The molecular formula is C7H4ClF3INO3S. The molecule has 0 aliphatic rings. The predicted molar refractivity (Wildman–Crippen MR) is 61.4 cm³/mol. The molecule has 0 aliphatic carbocycles. The minimum absolute atomic E-state index is 0.203. The maximum atomic E-state index is 12.0. The van der Waals surface area contributed by atoms with Crippen LogP contribution in [0.25, 0.3) is 0 Å². The lowest BCUT2D eigenvalue weighted by Crippen LogP contribution is -2.19. The molecule has 10 heteroatoms. The summed E-state index contributed by atoms with van der Waals surface area (Å²) in [7, 11) is 0.633. The average Bonchev–Trinajstić information content (AvgIpc) is 2.06. The van der Waals surface area contributed by atoms with E-state index in [0.29, 0.717) is 3.57 Å². The van der Waals surface area contributed by atoms with Gasteiger partial charge in [0.1, 0.15) is 4.90 Å². The van der Waals surface area contributed by atoms with E-state index < -0.39 is 26.2 Å². The van der Waals surface area contributed by atoms with Crippen LogP contribution in [-0.4, -0.2) is 19.8 Å². The van der Waals surface area contributed by atoms with Gasteiger partial charge >= 0.3 is 6.36 Å². The van der Waals surface area contributed by atoms with Crippen molar-refractivity contribution in [3.05, 3.63) is 15.3 Å². The van der Waals surface area contributed by atoms with Crippen LogP contribution < -0.4 is 4.74 Å². The number of hydrogen-bond acceptors (Lipinski definition) is 4. The molecule has 1 aromatic heterocycles. The molecule has 1 heterocycles. The van der Waals surface area contributed by atoms with Gasteiger partial charge < -0.3 is 4.74 Å². The number of nitrogens with zero attached hydrogens (tertiary/aromatic N) is 1. The average molecular weight is 402 g/mol. The van der Waals surface area contributed by atoms with E-state index in [0.717, 1.165) is 6.07 Å². The van der Waals surface area contributed by atoms with Gasteiger partial charge in [-0.2, -0.15) is 0 Å². The lowest BCUT2D eigenvalue weighted by molar-refractivity contribution is -0.277. The van der Waals surface area contributed by atoms with E-state index in [9.17, 15) is 21.6 Å². The van der Waals surface area contributed by atoms with Gasteiger partial charge in [0, 0.05) is 14.3 Å². The first-order chi connectivity index (χ1) is 7.50. The van der Waals surface area contributed by atoms with Crippen LogP contribution in [0.3, 0.4) is 0 Å². The standard InChI is InChI=1S/C7H4ClF3INO3S/c1-3-4(12)2-5(17(8,14)15)6(13-3)16-7(9,10)11/h2H,1H3. The Bertz CT molecular complexity index is 546. The van der Waals surface area contributed by atoms with Gasteiger partial charge in [0.2, 0.25) is 5.88 Å². The molecule has 96 valence electrons. The molecule has 0 amide bonds. The molecule has 17 heavy (non-hydrogen) atoms. The van der Waals surface area contributed by atoms with E-state index in [1.165, 1.54) is 6.92 Å². The molecule has 0 bridgehead atoms. The monoisotopic (exact) mass is 401 g/mol. The number of hydrogen-bond donors (Lipinski definition) is 0. The number of aromatic nitrogens is 1. The number of aryl methyl sites for hydroxylation is 1. The van der Waals surface area contributed by atoms with E-state index >= 15 is 0 Å². The Labute approximate surface area is 113 Å². The summed E-state index contributed by atoms with van der Waals surface area (Å²) >= 11 is 1.72. The second-order valence-corrected chi connectivity index (χ2v) is 6.54. The van der Waals surface area contributed by atoms with Crippen molar-refractivity contribution >= 4 is 42.3 Å². The van der Waals surface area contributed by atoms with Crippen LogP contribution in [0.4, 0.5) is 13.2 Å². The Kier molecular flexibility index (Phi) is 4.14. The van der Waals surface area contributed by atoms with E-state index in [2.05, 4.69) is 9.72 Å². The summed E-state index contributed by atoms with van der Waals surface area (Å²) < 4.78 is 62.1. The van der Waals surface area contributed by atoms with Crippen molar-refractivity contribution in [2.45, 2.75) is 18.2 Å². The highest BCUT2D eigenvalue weighted by atomic mass is 127. The van der Waals surface area contributed by atoms with E-state index in [1.54, 1.807) is 22.6 Å². The molecule has 1 aromatic rings. The zero-order valence-corrected chi connectivity index (χ0v) is 11.8. The summed E-state index contributed by atoms with van der Waals surface area (Å²) in [5.41, 5.74) is 0.203. The van der Waals surface area contributed by atoms with Gasteiger partial charge in [-0.05, 0) is 35.6 Å². The molecule has 0 saturated carbocycles. The van der Waals surface area contributed by atoms with E-state index in [4.69, 9.17) is 10.7 Å². The van der Waals surface area contributed by atoms with Gasteiger partial charge in [0.25, 0.3) is 9.05 Å². The second-order valence-electron chi connectivity index (χ2n) is 2.84. The predicted octanol–water partition coefficient (Wildman–Crippen LogP) is 2.82. The molecule has 0 N–H and O–H groups in total. The van der Waals surface area contributed by atoms with Crippen LogP contribution in [0.2, 0.25) is 0 Å². The summed E-state index contributed by atoms with van der Waals surface area (Å²) in [6.45, 7) is 1.41. The van der Waals surface area contributed by atoms with Crippen molar-refractivity contribution in [2.24, 2.45) is 0 Å². The highest BCUT2D eigenvalue weighted by molar-refractivity contribution is 14.1. The summed E-state index contributed by atoms with van der Waals surface area (Å²) in [6.07, 6.45) is -5.04. The van der Waals surface area contributed by atoms with Gasteiger partial charge in [-0.15, -0.1) is 13.2 Å². The molecule has 0 aliphatic heterocycles. The largest absolute Gasteiger partial charge is 0.574 e. The SMILES string of the molecule is Cc1nc(OC(F)(F)F)c(S(=O)(=O)Cl)cc1I. The number of halogens is 5. The molecule has 4 nitrogen and oxygen atoms in total. The van der Waals surface area contributed by atoms with Gasteiger partial charge in [0.05, 0.1) is 5.69 Å². The third kappa shape index (κ3) is 4.14. The fraction of sp³-hybridized carbons (Fsp3) is 0.286. The van der Waals surface area contributed by atoms with Gasteiger partial charge in [0.15, 0.2) is 0 Å². The van der Waals surface area contributed by atoms with Crippen molar-refractivity contribution < 1.29 is 26.3 Å². The van der Waals surface area contributed by atoms with Gasteiger partial charge in [-0.25, -0.2) is 13.4 Å². The quantitative estimate of drug-likeness (QED) is 0.565. The maximum Gasteiger partial charge on any atom is 0.574 e. The topological polar surface area (TPSA) is 56.3 Å². The number of ether oxygens (including phenoxy) is 1. The first-order valence-electron chi connectivity index (χ1n) is 3.88. The molecule has 0 saturated heterocycles. The molecule has 0 spiro atoms. The van der Waals surface area contributed by atoms with Crippen LogP contribution in [0.15, 0.2) is 11.0 Å². The fourth-order valence-corrected chi connectivity index (χ4v) is 2.43. The fourth-order valence-electron chi connectivity index (χ4n) is 0.900. The number of pyridine rings is 1. The smallest absolute Gasteiger partial charge is 0.386 e. The summed E-state index contributed by atoms with van der Waals surface area (Å²) in [5.74, 6) is -1.08. The van der Waals surface area contributed by atoms with Gasteiger partial charge in [-0.3, -0.25) is 0 Å². The molecule has 0 radical (unpaired) electrons. The molecule has 0 fully saturated rings. The highest BCUT2D eigenvalue weighted by Crippen LogP contribution is 2.31. The Morgan fingerprint density at radius 2 is 2.00 bits per heavy atom. The lowest BCUT2D eigenvalue weighted by Gasteiger charge is -2.11. The Balaban J connectivity index is 3.42. The molecular weight excluding hydrogens is 397 g/mol. The normalized spacial score (nSPS) is 12.6. The Hall–Kier alpha value is -0.290. The first-order valence-corrected chi connectivity index (χ1v) is 7.27. The first kappa shape index (κ1) is 14.8. The Morgan fingerprint density at radius 1 is 1.47 bits per heavy atom. The lowest BCUT2D eigenvalue weighted by atomic mass is 10.4. The van der Waals surface area contributed by atoms with Gasteiger partial charge in [-0.1, -0.05) is 0 Å². The summed E-state index contributed by atoms with van der Waals surface area (Å²) in [5, 5.41) is 0. The second kappa shape index (κ2) is 4.76. The molecule has 0 aromatic carbocycles. The van der Waals surface area contributed by atoms with Crippen molar-refractivity contribution in [1.29, 1.82) is 0 Å². The zero-order valence-electron chi connectivity index (χ0n) is 8.05. The van der Waals surface area contributed by atoms with Crippen LogP contribution in [0.1, 0.15) is 5.69 Å². The molecule has 0 atom stereocenters.